The monoisotopic (exact) mass is 345 g/mol. The number of halogens is 3. The summed E-state index contributed by atoms with van der Waals surface area (Å²) in [5.74, 6) is -0.0731. The van der Waals surface area contributed by atoms with Gasteiger partial charge in [0.05, 0.1) is 23.9 Å². The minimum absolute atomic E-state index is 0.0142. The predicted octanol–water partition coefficient (Wildman–Crippen LogP) is 3.36. The number of nitrogens with zero attached hydrogens (tertiary/aromatic N) is 2. The topological polar surface area (TPSA) is 59.3 Å². The molecule has 126 valence electrons. The Labute approximate surface area is 137 Å². The zero-order chi connectivity index (χ0) is 17.0. The summed E-state index contributed by atoms with van der Waals surface area (Å²) in [6.07, 6.45) is 0. The molecule has 8 heteroatoms. The third-order valence-corrected chi connectivity index (χ3v) is 3.77. The summed E-state index contributed by atoms with van der Waals surface area (Å²) < 4.78 is 30.8. The molecule has 1 aromatic heterocycles. The number of benzene rings is 1. The van der Waals surface area contributed by atoms with Crippen LogP contribution in [0, 0.1) is 13.8 Å². The van der Waals surface area contributed by atoms with Crippen LogP contribution in [0.1, 0.15) is 17.0 Å². The lowest BCUT2D eigenvalue weighted by Gasteiger charge is -2.11. The van der Waals surface area contributed by atoms with Gasteiger partial charge in [0.1, 0.15) is 5.75 Å². The van der Waals surface area contributed by atoms with Gasteiger partial charge in [-0.3, -0.25) is 4.68 Å². The molecule has 0 atom stereocenters. The molecule has 0 saturated heterocycles. The molecular formula is C15H18ClF2N3O2. The van der Waals surface area contributed by atoms with E-state index in [1.54, 1.807) is 10.7 Å². The molecule has 0 unspecified atom stereocenters. The predicted molar refractivity (Wildman–Crippen MR) is 84.2 cm³/mol. The fraction of sp³-hybridized carbons (Fsp3) is 0.400. The average molecular weight is 346 g/mol. The molecule has 1 aromatic carbocycles. The third kappa shape index (κ3) is 4.33. The summed E-state index contributed by atoms with van der Waals surface area (Å²) in [5, 5.41) is 16.6. The van der Waals surface area contributed by atoms with Crippen molar-refractivity contribution in [3.8, 4) is 5.75 Å². The van der Waals surface area contributed by atoms with Crippen molar-refractivity contribution in [2.75, 3.05) is 11.9 Å². The van der Waals surface area contributed by atoms with Crippen molar-refractivity contribution in [2.24, 2.45) is 0 Å². The Kier molecular flexibility index (Phi) is 5.79. The maximum absolute atomic E-state index is 12.3. The molecule has 0 radical (unpaired) electrons. The lowest BCUT2D eigenvalue weighted by Crippen LogP contribution is -2.07. The largest absolute Gasteiger partial charge is 0.433 e. The molecule has 2 N–H and O–H groups in total. The lowest BCUT2D eigenvalue weighted by molar-refractivity contribution is -0.0497. The van der Waals surface area contributed by atoms with Gasteiger partial charge in [-0.25, -0.2) is 0 Å². The van der Waals surface area contributed by atoms with Gasteiger partial charge in [0.25, 0.3) is 0 Å². The molecule has 0 aliphatic rings. The number of hydrogen-bond donors (Lipinski definition) is 2. The zero-order valence-electron chi connectivity index (χ0n) is 12.8. The molecule has 0 aliphatic carbocycles. The Morgan fingerprint density at radius 2 is 2.13 bits per heavy atom. The summed E-state index contributed by atoms with van der Waals surface area (Å²) in [7, 11) is 0. The lowest BCUT2D eigenvalue weighted by atomic mass is 10.2. The number of hydrogen-bond acceptors (Lipinski definition) is 4. The second-order valence-corrected chi connectivity index (χ2v) is 5.38. The minimum Gasteiger partial charge on any atom is -0.433 e. The molecule has 0 saturated carbocycles. The molecule has 0 spiro atoms. The number of aromatic nitrogens is 2. The molecule has 0 fully saturated rings. The number of aryl methyl sites for hydroxylation is 1. The van der Waals surface area contributed by atoms with Gasteiger partial charge >= 0.3 is 6.61 Å². The minimum atomic E-state index is -2.93. The van der Waals surface area contributed by atoms with Crippen LogP contribution in [0.25, 0.3) is 0 Å². The number of rotatable bonds is 7. The van der Waals surface area contributed by atoms with Crippen molar-refractivity contribution >= 4 is 17.3 Å². The first kappa shape index (κ1) is 17.5. The van der Waals surface area contributed by atoms with Crippen LogP contribution in [0.15, 0.2) is 18.2 Å². The Balaban J connectivity index is 2.12. The first-order valence-corrected chi connectivity index (χ1v) is 7.42. The Bertz CT molecular complexity index is 677. The van der Waals surface area contributed by atoms with Gasteiger partial charge < -0.3 is 15.2 Å². The molecule has 2 rings (SSSR count). The van der Waals surface area contributed by atoms with Gasteiger partial charge in [0, 0.05) is 29.6 Å². The van der Waals surface area contributed by atoms with E-state index in [-0.39, 0.29) is 17.4 Å². The van der Waals surface area contributed by atoms with Crippen molar-refractivity contribution in [3.63, 3.8) is 0 Å². The summed E-state index contributed by atoms with van der Waals surface area (Å²) >= 11 is 5.82. The highest BCUT2D eigenvalue weighted by atomic mass is 35.5. The number of aliphatic hydroxyl groups is 1. The summed E-state index contributed by atoms with van der Waals surface area (Å²) in [4.78, 5) is 0. The number of ether oxygens (including phenoxy) is 1. The summed E-state index contributed by atoms with van der Waals surface area (Å²) in [6.45, 7) is 1.79. The van der Waals surface area contributed by atoms with E-state index in [2.05, 4.69) is 15.2 Å². The molecule has 0 aliphatic heterocycles. The van der Waals surface area contributed by atoms with Crippen LogP contribution in [0.3, 0.4) is 0 Å². The van der Waals surface area contributed by atoms with Crippen molar-refractivity contribution in [1.29, 1.82) is 0 Å². The van der Waals surface area contributed by atoms with Crippen molar-refractivity contribution in [2.45, 2.75) is 33.5 Å². The van der Waals surface area contributed by atoms with Crippen LogP contribution in [0.5, 0.6) is 5.75 Å². The number of anilines is 1. The van der Waals surface area contributed by atoms with E-state index >= 15 is 0 Å². The summed E-state index contributed by atoms with van der Waals surface area (Å²) in [5.41, 5.74) is 3.40. The van der Waals surface area contributed by atoms with Gasteiger partial charge in [-0.1, -0.05) is 11.6 Å². The standard InChI is InChI=1S/C15H18ClF2N3O2/c1-9-12(10(2)21(20-9)5-6-22)8-19-11-3-4-13(16)14(7-11)23-15(17)18/h3-4,7,15,19,22H,5-6,8H2,1-2H3. The molecular weight excluding hydrogens is 328 g/mol. The molecule has 2 aromatic rings. The fourth-order valence-electron chi connectivity index (χ4n) is 2.29. The Morgan fingerprint density at radius 3 is 2.78 bits per heavy atom. The number of aliphatic hydroxyl groups excluding tert-OH is 1. The molecule has 0 amide bonds. The number of alkyl halides is 2. The summed E-state index contributed by atoms with van der Waals surface area (Å²) in [6, 6.07) is 4.61. The molecule has 23 heavy (non-hydrogen) atoms. The van der Waals surface area contributed by atoms with Crippen molar-refractivity contribution < 1.29 is 18.6 Å². The van der Waals surface area contributed by atoms with Gasteiger partial charge in [0.15, 0.2) is 0 Å². The Hall–Kier alpha value is -1.86. The smallest absolute Gasteiger partial charge is 0.387 e. The molecule has 5 nitrogen and oxygen atoms in total. The van der Waals surface area contributed by atoms with E-state index in [9.17, 15) is 8.78 Å². The second kappa shape index (κ2) is 7.61. The van der Waals surface area contributed by atoms with E-state index < -0.39 is 6.61 Å². The van der Waals surface area contributed by atoms with Gasteiger partial charge in [-0.05, 0) is 26.0 Å². The van der Waals surface area contributed by atoms with Gasteiger partial charge in [-0.2, -0.15) is 13.9 Å². The highest BCUT2D eigenvalue weighted by Crippen LogP contribution is 2.29. The SMILES string of the molecule is Cc1nn(CCO)c(C)c1CNc1ccc(Cl)c(OC(F)F)c1. The van der Waals surface area contributed by atoms with Crippen LogP contribution in [0.4, 0.5) is 14.5 Å². The van der Waals surface area contributed by atoms with E-state index in [0.29, 0.717) is 18.8 Å². The maximum atomic E-state index is 12.3. The van der Waals surface area contributed by atoms with Crippen molar-refractivity contribution in [3.05, 3.63) is 40.2 Å². The second-order valence-electron chi connectivity index (χ2n) is 4.97. The highest BCUT2D eigenvalue weighted by molar-refractivity contribution is 6.32. The average Bonchev–Trinajstić information content (AvgIpc) is 2.74. The zero-order valence-corrected chi connectivity index (χ0v) is 13.6. The van der Waals surface area contributed by atoms with Crippen LogP contribution in [-0.4, -0.2) is 28.1 Å². The quantitative estimate of drug-likeness (QED) is 0.808. The molecule has 1 heterocycles. The van der Waals surface area contributed by atoms with Crippen molar-refractivity contribution in [1.82, 2.24) is 9.78 Å². The first-order valence-electron chi connectivity index (χ1n) is 7.04. The van der Waals surface area contributed by atoms with E-state index in [1.807, 2.05) is 13.8 Å². The van der Waals surface area contributed by atoms with Gasteiger partial charge in [-0.15, -0.1) is 0 Å². The van der Waals surface area contributed by atoms with Crippen LogP contribution in [-0.2, 0) is 13.1 Å². The highest BCUT2D eigenvalue weighted by Gasteiger charge is 2.12. The number of nitrogens with one attached hydrogen (secondary N) is 1. The normalized spacial score (nSPS) is 11.1. The maximum Gasteiger partial charge on any atom is 0.387 e. The van der Waals surface area contributed by atoms with E-state index in [4.69, 9.17) is 16.7 Å². The third-order valence-electron chi connectivity index (χ3n) is 3.46. The van der Waals surface area contributed by atoms with Crippen LogP contribution < -0.4 is 10.1 Å². The fourth-order valence-corrected chi connectivity index (χ4v) is 2.45. The molecule has 0 bridgehead atoms. The van der Waals surface area contributed by atoms with E-state index in [1.165, 1.54) is 12.1 Å². The first-order chi connectivity index (χ1) is 10.9. The Morgan fingerprint density at radius 1 is 1.39 bits per heavy atom. The van der Waals surface area contributed by atoms with Crippen LogP contribution in [0.2, 0.25) is 5.02 Å². The van der Waals surface area contributed by atoms with E-state index in [0.717, 1.165) is 17.0 Å². The van der Waals surface area contributed by atoms with Crippen LogP contribution >= 0.6 is 11.6 Å². The van der Waals surface area contributed by atoms with Gasteiger partial charge in [0.2, 0.25) is 0 Å².